The van der Waals surface area contributed by atoms with E-state index in [2.05, 4.69) is 11.6 Å². The van der Waals surface area contributed by atoms with Gasteiger partial charge in [0.2, 0.25) is 10.0 Å². The van der Waals surface area contributed by atoms with Crippen molar-refractivity contribution in [3.8, 4) is 0 Å². The summed E-state index contributed by atoms with van der Waals surface area (Å²) in [6.45, 7) is 2.63. The van der Waals surface area contributed by atoms with Crippen LogP contribution in [-0.2, 0) is 16.4 Å². The molecule has 20 heavy (non-hydrogen) atoms. The molecule has 0 bridgehead atoms. The van der Waals surface area contributed by atoms with Crippen LogP contribution in [0.3, 0.4) is 0 Å². The molecular weight excluding hydrogens is 292 g/mol. The first-order valence-corrected chi connectivity index (χ1v) is 8.63. The van der Waals surface area contributed by atoms with Crippen LogP contribution in [0.15, 0.2) is 29.2 Å². The standard InChI is InChI=1S/C14H20N2O2S2/c1-2-14(7-8-14)10-16-20(17,18)12-5-3-11(4-6-12)9-13(15)19/h3-6,16H,2,7-10H2,1H3,(H2,15,19). The zero-order valence-corrected chi connectivity index (χ0v) is 13.2. The molecule has 1 fully saturated rings. The second-order valence-corrected chi connectivity index (χ2v) is 7.76. The Morgan fingerprint density at radius 1 is 1.35 bits per heavy atom. The maximum atomic E-state index is 12.2. The van der Waals surface area contributed by atoms with Crippen molar-refractivity contribution in [2.75, 3.05) is 6.54 Å². The number of sulfonamides is 1. The van der Waals surface area contributed by atoms with E-state index in [1.54, 1.807) is 24.3 Å². The van der Waals surface area contributed by atoms with E-state index < -0.39 is 10.0 Å². The number of nitrogens with one attached hydrogen (secondary N) is 1. The number of hydrogen-bond donors (Lipinski definition) is 2. The predicted octanol–water partition coefficient (Wildman–Crippen LogP) is 1.98. The van der Waals surface area contributed by atoms with E-state index in [1.807, 2.05) is 0 Å². The van der Waals surface area contributed by atoms with Crippen LogP contribution in [0.5, 0.6) is 0 Å². The molecule has 4 nitrogen and oxygen atoms in total. The van der Waals surface area contributed by atoms with Crippen LogP contribution in [0.25, 0.3) is 0 Å². The third-order valence-electron chi connectivity index (χ3n) is 3.96. The van der Waals surface area contributed by atoms with Crippen LogP contribution in [0.2, 0.25) is 0 Å². The summed E-state index contributed by atoms with van der Waals surface area (Å²) in [5, 5.41) is 0. The summed E-state index contributed by atoms with van der Waals surface area (Å²) in [7, 11) is -3.42. The van der Waals surface area contributed by atoms with E-state index in [0.717, 1.165) is 24.8 Å². The zero-order chi connectivity index (χ0) is 14.8. The molecule has 0 heterocycles. The Hall–Kier alpha value is -0.980. The largest absolute Gasteiger partial charge is 0.393 e. The number of benzene rings is 1. The highest BCUT2D eigenvalue weighted by atomic mass is 32.2. The van der Waals surface area contributed by atoms with Crippen molar-refractivity contribution in [3.05, 3.63) is 29.8 Å². The molecular formula is C14H20N2O2S2. The highest BCUT2D eigenvalue weighted by Crippen LogP contribution is 2.48. The molecule has 1 aliphatic carbocycles. The van der Waals surface area contributed by atoms with Crippen molar-refractivity contribution in [1.82, 2.24) is 4.72 Å². The summed E-state index contributed by atoms with van der Waals surface area (Å²) in [5.41, 5.74) is 6.58. The van der Waals surface area contributed by atoms with Crippen molar-refractivity contribution >= 4 is 27.2 Å². The molecule has 1 aromatic rings. The van der Waals surface area contributed by atoms with Crippen LogP contribution in [0.4, 0.5) is 0 Å². The van der Waals surface area contributed by atoms with Gasteiger partial charge in [0.25, 0.3) is 0 Å². The first kappa shape index (κ1) is 15.4. The SMILES string of the molecule is CCC1(CNS(=O)(=O)c2ccc(CC(N)=S)cc2)CC1. The van der Waals surface area contributed by atoms with Gasteiger partial charge < -0.3 is 5.73 Å². The van der Waals surface area contributed by atoms with Gasteiger partial charge in [-0.25, -0.2) is 13.1 Å². The molecule has 3 N–H and O–H groups in total. The molecule has 0 aromatic heterocycles. The fraction of sp³-hybridized carbons (Fsp3) is 0.500. The Bertz CT molecular complexity index is 590. The van der Waals surface area contributed by atoms with Crippen LogP contribution in [0.1, 0.15) is 31.7 Å². The lowest BCUT2D eigenvalue weighted by Crippen LogP contribution is -2.30. The van der Waals surface area contributed by atoms with Gasteiger partial charge in [-0.2, -0.15) is 0 Å². The van der Waals surface area contributed by atoms with E-state index in [4.69, 9.17) is 18.0 Å². The Balaban J connectivity index is 2.03. The smallest absolute Gasteiger partial charge is 0.240 e. The summed E-state index contributed by atoms with van der Waals surface area (Å²) in [6, 6.07) is 6.70. The van der Waals surface area contributed by atoms with Gasteiger partial charge >= 0.3 is 0 Å². The van der Waals surface area contributed by atoms with Gasteiger partial charge in [-0.1, -0.05) is 31.3 Å². The third kappa shape index (κ3) is 3.77. The van der Waals surface area contributed by atoms with Gasteiger partial charge in [-0.05, 0) is 42.4 Å². The van der Waals surface area contributed by atoms with Crippen LogP contribution >= 0.6 is 12.2 Å². The quantitative estimate of drug-likeness (QED) is 0.755. The van der Waals surface area contributed by atoms with Crippen molar-refractivity contribution in [3.63, 3.8) is 0 Å². The first-order valence-electron chi connectivity index (χ1n) is 6.74. The lowest BCUT2D eigenvalue weighted by Gasteiger charge is -2.14. The van der Waals surface area contributed by atoms with E-state index in [1.165, 1.54) is 0 Å². The van der Waals surface area contributed by atoms with Crippen molar-refractivity contribution in [2.24, 2.45) is 11.1 Å². The third-order valence-corrected chi connectivity index (χ3v) is 5.52. The highest BCUT2D eigenvalue weighted by molar-refractivity contribution is 7.89. The number of hydrogen-bond acceptors (Lipinski definition) is 3. The fourth-order valence-electron chi connectivity index (χ4n) is 2.15. The second-order valence-electron chi connectivity index (χ2n) is 5.47. The molecule has 110 valence electrons. The highest BCUT2D eigenvalue weighted by Gasteiger charge is 2.41. The predicted molar refractivity (Wildman–Crippen MR) is 84.1 cm³/mol. The van der Waals surface area contributed by atoms with Crippen LogP contribution < -0.4 is 10.5 Å². The average Bonchev–Trinajstić information content (AvgIpc) is 3.17. The Morgan fingerprint density at radius 3 is 2.40 bits per heavy atom. The van der Waals surface area contributed by atoms with Gasteiger partial charge in [0.1, 0.15) is 0 Å². The van der Waals surface area contributed by atoms with Crippen molar-refractivity contribution in [1.29, 1.82) is 0 Å². The van der Waals surface area contributed by atoms with Gasteiger partial charge in [0.15, 0.2) is 0 Å². The first-order chi connectivity index (χ1) is 9.37. The van der Waals surface area contributed by atoms with Gasteiger partial charge in [0.05, 0.1) is 9.88 Å². The van der Waals surface area contributed by atoms with E-state index in [9.17, 15) is 8.42 Å². The molecule has 0 spiro atoms. The molecule has 0 radical (unpaired) electrons. The van der Waals surface area contributed by atoms with Gasteiger partial charge in [-0.3, -0.25) is 0 Å². The molecule has 2 rings (SSSR count). The molecule has 0 saturated heterocycles. The summed E-state index contributed by atoms with van der Waals surface area (Å²) in [4.78, 5) is 0.688. The number of nitrogens with two attached hydrogens (primary N) is 1. The van der Waals surface area contributed by atoms with E-state index >= 15 is 0 Å². The second kappa shape index (κ2) is 5.79. The average molecular weight is 312 g/mol. The van der Waals surface area contributed by atoms with Crippen LogP contribution in [0, 0.1) is 5.41 Å². The topological polar surface area (TPSA) is 72.2 Å². The Morgan fingerprint density at radius 2 is 1.95 bits per heavy atom. The molecule has 1 aromatic carbocycles. The molecule has 1 saturated carbocycles. The van der Waals surface area contributed by atoms with E-state index in [0.29, 0.717) is 18.0 Å². The zero-order valence-electron chi connectivity index (χ0n) is 11.6. The normalized spacial score (nSPS) is 16.9. The molecule has 0 unspecified atom stereocenters. The number of thiocarbonyl (C=S) groups is 1. The maximum Gasteiger partial charge on any atom is 0.240 e. The molecule has 0 amide bonds. The molecule has 0 atom stereocenters. The van der Waals surface area contributed by atoms with E-state index in [-0.39, 0.29) is 10.3 Å². The van der Waals surface area contributed by atoms with Gasteiger partial charge in [0, 0.05) is 13.0 Å². The lowest BCUT2D eigenvalue weighted by molar-refractivity contribution is 0.475. The van der Waals surface area contributed by atoms with Crippen molar-refractivity contribution in [2.45, 2.75) is 37.5 Å². The Kier molecular flexibility index (Phi) is 4.46. The molecule has 0 aliphatic heterocycles. The van der Waals surface area contributed by atoms with Crippen molar-refractivity contribution < 1.29 is 8.42 Å². The maximum absolute atomic E-state index is 12.2. The lowest BCUT2D eigenvalue weighted by atomic mass is 10.1. The van der Waals surface area contributed by atoms with Crippen LogP contribution in [-0.4, -0.2) is 20.0 Å². The monoisotopic (exact) mass is 312 g/mol. The fourth-order valence-corrected chi connectivity index (χ4v) is 3.48. The van der Waals surface area contributed by atoms with Gasteiger partial charge in [-0.15, -0.1) is 0 Å². The summed E-state index contributed by atoms with van der Waals surface area (Å²) < 4.78 is 27.1. The summed E-state index contributed by atoms with van der Waals surface area (Å²) >= 11 is 4.83. The minimum absolute atomic E-state index is 0.193. The summed E-state index contributed by atoms with van der Waals surface area (Å²) in [6.07, 6.45) is 3.72. The minimum atomic E-state index is -3.42. The summed E-state index contributed by atoms with van der Waals surface area (Å²) in [5.74, 6) is 0. The molecule has 6 heteroatoms. The number of rotatable bonds is 7. The Labute approximate surface area is 125 Å². The minimum Gasteiger partial charge on any atom is -0.393 e. The molecule has 1 aliphatic rings.